The maximum Gasteiger partial charge on any atom is 0.231 e. The third-order valence-corrected chi connectivity index (χ3v) is 6.01. The molecule has 0 radical (unpaired) electrons. The van der Waals surface area contributed by atoms with Crippen LogP contribution < -0.4 is 9.80 Å². The lowest BCUT2D eigenvalue weighted by atomic mass is 9.93. The molecule has 2 aromatic heterocycles. The van der Waals surface area contributed by atoms with Crippen LogP contribution in [0.2, 0.25) is 0 Å². The number of anilines is 2. The minimum absolute atomic E-state index is 0.0317. The monoisotopic (exact) mass is 403 g/mol. The second-order valence-corrected chi connectivity index (χ2v) is 8.09. The molecule has 1 amide bonds. The van der Waals surface area contributed by atoms with Gasteiger partial charge in [0.25, 0.3) is 0 Å². The van der Waals surface area contributed by atoms with E-state index in [9.17, 15) is 4.79 Å². The summed E-state index contributed by atoms with van der Waals surface area (Å²) in [6.45, 7) is 4.46. The van der Waals surface area contributed by atoms with Crippen molar-refractivity contribution in [3.63, 3.8) is 0 Å². The number of aromatic nitrogens is 5. The van der Waals surface area contributed by atoms with E-state index < -0.39 is 0 Å². The normalized spacial score (nSPS) is 18.9. The zero-order valence-corrected chi connectivity index (χ0v) is 17.1. The van der Waals surface area contributed by atoms with E-state index in [-0.39, 0.29) is 11.8 Å². The highest BCUT2D eigenvalue weighted by molar-refractivity contribution is 5.96. The van der Waals surface area contributed by atoms with Gasteiger partial charge in [0.2, 0.25) is 5.91 Å². The van der Waals surface area contributed by atoms with Gasteiger partial charge in [0.05, 0.1) is 5.92 Å². The van der Waals surface area contributed by atoms with Crippen molar-refractivity contribution in [3.8, 4) is 5.82 Å². The minimum atomic E-state index is -0.0317. The molecule has 3 aromatic rings. The van der Waals surface area contributed by atoms with E-state index in [0.29, 0.717) is 12.4 Å². The summed E-state index contributed by atoms with van der Waals surface area (Å²) in [5.41, 5.74) is 3.62. The highest BCUT2D eigenvalue weighted by atomic mass is 16.2. The number of aryl methyl sites for hydroxylation is 2. The topological polar surface area (TPSA) is 80.0 Å². The second-order valence-electron chi connectivity index (χ2n) is 8.09. The number of nitrogens with zero attached hydrogens (tertiary/aromatic N) is 7. The number of carbonyl (C=O) groups excluding carboxylic acids is 1. The lowest BCUT2D eigenvalue weighted by molar-refractivity contribution is -0.122. The van der Waals surface area contributed by atoms with Crippen molar-refractivity contribution in [2.45, 2.75) is 32.6 Å². The predicted molar refractivity (Wildman–Crippen MR) is 114 cm³/mol. The van der Waals surface area contributed by atoms with Crippen molar-refractivity contribution >= 4 is 17.4 Å². The van der Waals surface area contributed by atoms with Crippen molar-refractivity contribution in [2.24, 2.45) is 5.92 Å². The van der Waals surface area contributed by atoms with Crippen LogP contribution in [0.25, 0.3) is 5.82 Å². The zero-order chi connectivity index (χ0) is 20.5. The fraction of sp³-hybridized carbons (Fsp3) is 0.409. The van der Waals surface area contributed by atoms with Crippen molar-refractivity contribution in [1.82, 2.24) is 24.7 Å². The van der Waals surface area contributed by atoms with Crippen LogP contribution >= 0.6 is 0 Å². The zero-order valence-electron chi connectivity index (χ0n) is 17.1. The van der Waals surface area contributed by atoms with Crippen LogP contribution in [0.15, 0.2) is 43.2 Å². The number of benzene rings is 1. The summed E-state index contributed by atoms with van der Waals surface area (Å²) in [5, 5.41) is 4.14. The minimum Gasteiger partial charge on any atom is -0.356 e. The number of carbonyl (C=O) groups is 1. The van der Waals surface area contributed by atoms with Gasteiger partial charge in [-0.3, -0.25) is 4.79 Å². The predicted octanol–water partition coefficient (Wildman–Crippen LogP) is 2.56. The summed E-state index contributed by atoms with van der Waals surface area (Å²) >= 11 is 0. The number of rotatable bonds is 3. The Morgan fingerprint density at radius 1 is 1.07 bits per heavy atom. The molecule has 8 nitrogen and oxygen atoms in total. The second kappa shape index (κ2) is 7.85. The van der Waals surface area contributed by atoms with Gasteiger partial charge in [-0.05, 0) is 44.2 Å². The highest BCUT2D eigenvalue weighted by Gasteiger charge is 2.32. The molecule has 5 rings (SSSR count). The molecule has 0 N–H and O–H groups in total. The molecule has 0 saturated carbocycles. The third-order valence-electron chi connectivity index (χ3n) is 6.01. The molecule has 1 fully saturated rings. The standard InChI is InChI=1S/C22H25N7O/c1-16-6-7-19-17(10-16)4-3-9-28(19)22(30)18-5-2-8-27(12-18)20-11-21(25-14-24-20)29-15-23-13-26-29/h6-7,10-11,13-15,18H,2-5,8-9,12H2,1H3. The molecule has 0 aliphatic carbocycles. The maximum absolute atomic E-state index is 13.5. The molecular formula is C22H25N7O. The van der Waals surface area contributed by atoms with Crippen molar-refractivity contribution in [1.29, 1.82) is 0 Å². The van der Waals surface area contributed by atoms with E-state index in [0.717, 1.165) is 50.3 Å². The van der Waals surface area contributed by atoms with Crippen molar-refractivity contribution in [3.05, 3.63) is 54.4 Å². The smallest absolute Gasteiger partial charge is 0.231 e. The molecule has 1 atom stereocenters. The highest BCUT2D eigenvalue weighted by Crippen LogP contribution is 2.31. The van der Waals surface area contributed by atoms with Crippen molar-refractivity contribution < 1.29 is 4.79 Å². The number of amides is 1. The number of hydrogen-bond donors (Lipinski definition) is 0. The Bertz CT molecular complexity index is 1050. The third kappa shape index (κ3) is 3.53. The SMILES string of the molecule is Cc1ccc2c(c1)CCCN2C(=O)C1CCCN(c2cc(-n3cncn3)ncn2)C1. The Labute approximate surface area is 175 Å². The fourth-order valence-corrected chi connectivity index (χ4v) is 4.52. The van der Waals surface area contributed by atoms with Crippen LogP contribution in [-0.4, -0.2) is 50.3 Å². The summed E-state index contributed by atoms with van der Waals surface area (Å²) in [5.74, 6) is 1.69. The largest absolute Gasteiger partial charge is 0.356 e. The first-order chi connectivity index (χ1) is 14.7. The van der Waals surface area contributed by atoms with Crippen molar-refractivity contribution in [2.75, 3.05) is 29.4 Å². The van der Waals surface area contributed by atoms with Gasteiger partial charge in [-0.15, -0.1) is 0 Å². The molecule has 0 spiro atoms. The van der Waals surface area contributed by atoms with E-state index in [2.05, 4.69) is 50.1 Å². The quantitative estimate of drug-likeness (QED) is 0.669. The van der Waals surface area contributed by atoms with Gasteiger partial charge >= 0.3 is 0 Å². The molecule has 1 saturated heterocycles. The van der Waals surface area contributed by atoms with Crippen LogP contribution in [0.5, 0.6) is 0 Å². The Balaban J connectivity index is 1.35. The Hall–Kier alpha value is -3.29. The van der Waals surface area contributed by atoms with E-state index >= 15 is 0 Å². The molecular weight excluding hydrogens is 378 g/mol. The number of piperidine rings is 1. The van der Waals surface area contributed by atoms with E-state index in [1.807, 2.05) is 11.0 Å². The van der Waals surface area contributed by atoms with Gasteiger partial charge in [0, 0.05) is 31.4 Å². The van der Waals surface area contributed by atoms with Gasteiger partial charge < -0.3 is 9.80 Å². The molecule has 4 heterocycles. The van der Waals surface area contributed by atoms with Crippen LogP contribution in [0.4, 0.5) is 11.5 Å². The Morgan fingerprint density at radius 2 is 1.97 bits per heavy atom. The van der Waals surface area contributed by atoms with Gasteiger partial charge in [-0.25, -0.2) is 19.6 Å². The molecule has 2 aliphatic heterocycles. The molecule has 1 unspecified atom stereocenters. The molecule has 1 aromatic carbocycles. The van der Waals surface area contributed by atoms with Crippen LogP contribution in [0.3, 0.4) is 0 Å². The summed E-state index contributed by atoms with van der Waals surface area (Å²) in [4.78, 5) is 30.4. The average Bonchev–Trinajstić information content (AvgIpc) is 3.33. The summed E-state index contributed by atoms with van der Waals surface area (Å²) in [6, 6.07) is 8.33. The van der Waals surface area contributed by atoms with Gasteiger partial charge in [0.15, 0.2) is 5.82 Å². The van der Waals surface area contributed by atoms with Gasteiger partial charge in [-0.1, -0.05) is 17.7 Å². The maximum atomic E-state index is 13.5. The van der Waals surface area contributed by atoms with Crippen LogP contribution in [0, 0.1) is 12.8 Å². The number of hydrogen-bond acceptors (Lipinski definition) is 6. The van der Waals surface area contributed by atoms with Crippen LogP contribution in [0.1, 0.15) is 30.4 Å². The Morgan fingerprint density at radius 3 is 2.83 bits per heavy atom. The molecule has 2 aliphatic rings. The summed E-state index contributed by atoms with van der Waals surface area (Å²) in [7, 11) is 0. The van der Waals surface area contributed by atoms with Gasteiger partial charge in [-0.2, -0.15) is 5.10 Å². The van der Waals surface area contributed by atoms with E-state index in [4.69, 9.17) is 0 Å². The van der Waals surface area contributed by atoms with E-state index in [1.165, 1.54) is 17.5 Å². The van der Waals surface area contributed by atoms with Crippen LogP contribution in [-0.2, 0) is 11.2 Å². The number of fused-ring (bicyclic) bond motifs is 1. The molecule has 0 bridgehead atoms. The summed E-state index contributed by atoms with van der Waals surface area (Å²) in [6.07, 6.45) is 8.58. The lowest BCUT2D eigenvalue weighted by Gasteiger charge is -2.37. The molecule has 154 valence electrons. The Kier molecular flexibility index (Phi) is 4.90. The molecule has 8 heteroatoms. The van der Waals surface area contributed by atoms with E-state index in [1.54, 1.807) is 17.3 Å². The first-order valence-electron chi connectivity index (χ1n) is 10.5. The fourth-order valence-electron chi connectivity index (χ4n) is 4.52. The average molecular weight is 403 g/mol. The lowest BCUT2D eigenvalue weighted by Crippen LogP contribution is -2.46. The first-order valence-corrected chi connectivity index (χ1v) is 10.5. The molecule has 30 heavy (non-hydrogen) atoms. The first kappa shape index (κ1) is 18.7. The summed E-state index contributed by atoms with van der Waals surface area (Å²) < 4.78 is 1.62. The van der Waals surface area contributed by atoms with Gasteiger partial charge in [0.1, 0.15) is 24.8 Å².